The second-order valence-electron chi connectivity index (χ2n) is 2.31. The first kappa shape index (κ1) is 11.0. The molecule has 1 aromatic carbocycles. The SMILES string of the molecule is [O]Oc1c(C(=O)Cl)cccc1C(=O)Cl. The molecule has 0 saturated carbocycles. The molecule has 0 bridgehead atoms. The molecule has 1 aromatic rings. The summed E-state index contributed by atoms with van der Waals surface area (Å²) < 4.78 is 0. The predicted molar refractivity (Wildman–Crippen MR) is 48.1 cm³/mol. The van der Waals surface area contributed by atoms with Crippen molar-refractivity contribution in [3.8, 4) is 5.75 Å². The largest absolute Gasteiger partial charge is 0.304 e. The summed E-state index contributed by atoms with van der Waals surface area (Å²) in [4.78, 5) is 25.2. The van der Waals surface area contributed by atoms with Crippen LogP contribution >= 0.6 is 23.2 Å². The quantitative estimate of drug-likeness (QED) is 0.457. The molecule has 0 heterocycles. The fourth-order valence-corrected chi connectivity index (χ4v) is 1.23. The van der Waals surface area contributed by atoms with Gasteiger partial charge in [-0.1, -0.05) is 6.07 Å². The normalized spacial score (nSPS) is 9.64. The van der Waals surface area contributed by atoms with E-state index in [2.05, 4.69) is 4.89 Å². The molecule has 0 aliphatic rings. The predicted octanol–water partition coefficient (Wildman–Crippen LogP) is 2.17. The summed E-state index contributed by atoms with van der Waals surface area (Å²) >= 11 is 10.3. The molecule has 0 aliphatic carbocycles. The van der Waals surface area contributed by atoms with Gasteiger partial charge in [0.25, 0.3) is 10.5 Å². The Bertz CT molecular complexity index is 357. The van der Waals surface area contributed by atoms with Crippen LogP contribution in [0.3, 0.4) is 0 Å². The molecule has 14 heavy (non-hydrogen) atoms. The lowest BCUT2D eigenvalue weighted by Gasteiger charge is -2.03. The van der Waals surface area contributed by atoms with Crippen LogP contribution in [0, 0.1) is 0 Å². The highest BCUT2D eigenvalue weighted by atomic mass is 35.5. The van der Waals surface area contributed by atoms with Crippen molar-refractivity contribution in [3.05, 3.63) is 29.3 Å². The lowest BCUT2D eigenvalue weighted by Crippen LogP contribution is -2.01. The van der Waals surface area contributed by atoms with E-state index in [1.807, 2.05) is 0 Å². The zero-order valence-electron chi connectivity index (χ0n) is 6.62. The molecule has 0 aliphatic heterocycles. The van der Waals surface area contributed by atoms with Gasteiger partial charge in [-0.15, -0.1) is 0 Å². The molecule has 73 valence electrons. The maximum atomic E-state index is 10.8. The van der Waals surface area contributed by atoms with Crippen LogP contribution in [0.4, 0.5) is 0 Å². The number of carbonyl (C=O) groups excluding carboxylic acids is 2. The van der Waals surface area contributed by atoms with E-state index in [-0.39, 0.29) is 11.1 Å². The van der Waals surface area contributed by atoms with Crippen molar-refractivity contribution >= 4 is 33.7 Å². The van der Waals surface area contributed by atoms with E-state index >= 15 is 0 Å². The molecule has 0 spiro atoms. The van der Waals surface area contributed by atoms with E-state index in [4.69, 9.17) is 23.2 Å². The Morgan fingerprint density at radius 2 is 1.50 bits per heavy atom. The Morgan fingerprint density at radius 3 is 1.79 bits per heavy atom. The van der Waals surface area contributed by atoms with Crippen LogP contribution in [-0.2, 0) is 5.26 Å². The molecule has 0 amide bonds. The van der Waals surface area contributed by atoms with Gasteiger partial charge in [0, 0.05) is 5.26 Å². The Hall–Kier alpha value is -1.10. The Balaban J connectivity index is 3.39. The average molecular weight is 234 g/mol. The fourth-order valence-electron chi connectivity index (χ4n) is 0.936. The third-order valence-corrected chi connectivity index (χ3v) is 1.93. The molecule has 1 rings (SSSR count). The van der Waals surface area contributed by atoms with Crippen LogP contribution in [0.25, 0.3) is 0 Å². The number of benzene rings is 1. The fraction of sp³-hybridized carbons (Fsp3) is 0. The number of rotatable bonds is 3. The summed E-state index contributed by atoms with van der Waals surface area (Å²) in [5.74, 6) is -0.451. The summed E-state index contributed by atoms with van der Waals surface area (Å²) in [6.07, 6.45) is 0. The van der Waals surface area contributed by atoms with Gasteiger partial charge in [-0.3, -0.25) is 9.59 Å². The highest BCUT2D eigenvalue weighted by Gasteiger charge is 2.18. The lowest BCUT2D eigenvalue weighted by molar-refractivity contribution is -0.209. The second kappa shape index (κ2) is 4.41. The molecule has 4 nitrogen and oxygen atoms in total. The molecular formula is C8H3Cl2O4. The van der Waals surface area contributed by atoms with Crippen molar-refractivity contribution in [2.45, 2.75) is 0 Å². The van der Waals surface area contributed by atoms with Gasteiger partial charge in [0.2, 0.25) is 0 Å². The van der Waals surface area contributed by atoms with E-state index < -0.39 is 16.2 Å². The van der Waals surface area contributed by atoms with Crippen LogP contribution in [0.1, 0.15) is 20.7 Å². The summed E-state index contributed by atoms with van der Waals surface area (Å²) in [5, 5.41) is 8.47. The highest BCUT2D eigenvalue weighted by Crippen LogP contribution is 2.26. The van der Waals surface area contributed by atoms with Gasteiger partial charge >= 0.3 is 0 Å². The first-order valence-corrected chi connectivity index (χ1v) is 4.16. The van der Waals surface area contributed by atoms with Gasteiger partial charge in [-0.05, 0) is 35.3 Å². The number of hydrogen-bond acceptors (Lipinski definition) is 3. The summed E-state index contributed by atoms with van der Waals surface area (Å²) in [7, 11) is 0. The van der Waals surface area contributed by atoms with Crippen LogP contribution in [0.5, 0.6) is 5.75 Å². The van der Waals surface area contributed by atoms with E-state index in [9.17, 15) is 14.8 Å². The summed E-state index contributed by atoms with van der Waals surface area (Å²) in [6.45, 7) is 0. The smallest absolute Gasteiger partial charge is 0.256 e. The number of halogens is 2. The van der Waals surface area contributed by atoms with Gasteiger partial charge < -0.3 is 4.89 Å². The Morgan fingerprint density at radius 1 is 1.07 bits per heavy atom. The summed E-state index contributed by atoms with van der Waals surface area (Å²) in [5.41, 5.74) is -0.374. The second-order valence-corrected chi connectivity index (χ2v) is 3.00. The average Bonchev–Trinajstić information content (AvgIpc) is 2.16. The van der Waals surface area contributed by atoms with E-state index in [0.717, 1.165) is 0 Å². The van der Waals surface area contributed by atoms with Crippen LogP contribution in [-0.4, -0.2) is 10.5 Å². The maximum Gasteiger partial charge on any atom is 0.256 e. The number of para-hydroxylation sites is 1. The van der Waals surface area contributed by atoms with Gasteiger partial charge in [0.05, 0.1) is 11.1 Å². The van der Waals surface area contributed by atoms with Crippen molar-refractivity contribution in [2.24, 2.45) is 0 Å². The first-order valence-electron chi connectivity index (χ1n) is 3.40. The van der Waals surface area contributed by atoms with Gasteiger partial charge in [-0.2, -0.15) is 0 Å². The molecule has 0 fully saturated rings. The highest BCUT2D eigenvalue weighted by molar-refractivity contribution is 6.69. The third-order valence-electron chi connectivity index (χ3n) is 1.52. The van der Waals surface area contributed by atoms with Crippen molar-refractivity contribution in [1.29, 1.82) is 0 Å². The number of carbonyl (C=O) groups is 2. The van der Waals surface area contributed by atoms with Gasteiger partial charge in [0.1, 0.15) is 0 Å². The minimum atomic E-state index is -0.893. The van der Waals surface area contributed by atoms with Crippen molar-refractivity contribution < 1.29 is 19.7 Å². The van der Waals surface area contributed by atoms with Crippen molar-refractivity contribution in [2.75, 3.05) is 0 Å². The minimum absolute atomic E-state index is 0.187. The van der Waals surface area contributed by atoms with Crippen LogP contribution < -0.4 is 4.89 Å². The minimum Gasteiger partial charge on any atom is -0.304 e. The Labute approximate surface area is 88.9 Å². The molecule has 0 aromatic heterocycles. The molecular weight excluding hydrogens is 231 g/mol. The maximum absolute atomic E-state index is 10.8. The lowest BCUT2D eigenvalue weighted by atomic mass is 10.1. The van der Waals surface area contributed by atoms with Gasteiger partial charge in [0.15, 0.2) is 5.75 Å². The zero-order chi connectivity index (χ0) is 10.7. The van der Waals surface area contributed by atoms with E-state index in [0.29, 0.717) is 0 Å². The topological polar surface area (TPSA) is 63.3 Å². The molecule has 0 saturated heterocycles. The number of hydrogen-bond donors (Lipinski definition) is 0. The molecule has 6 heteroatoms. The Kier molecular flexibility index (Phi) is 3.46. The molecule has 1 radical (unpaired) electrons. The van der Waals surface area contributed by atoms with E-state index in [1.165, 1.54) is 18.2 Å². The zero-order valence-corrected chi connectivity index (χ0v) is 8.13. The first-order chi connectivity index (χ1) is 6.57. The molecule has 0 N–H and O–H groups in total. The monoisotopic (exact) mass is 233 g/mol. The van der Waals surface area contributed by atoms with Crippen LogP contribution in [0.2, 0.25) is 0 Å². The van der Waals surface area contributed by atoms with Crippen molar-refractivity contribution in [1.82, 2.24) is 0 Å². The standard InChI is InChI=1S/C8H3Cl2O4/c9-7(11)4-2-1-3-5(8(10)12)6(4)14-13/h1-3H. The van der Waals surface area contributed by atoms with Gasteiger partial charge in [-0.25, -0.2) is 0 Å². The van der Waals surface area contributed by atoms with E-state index in [1.54, 1.807) is 0 Å². The van der Waals surface area contributed by atoms with Crippen molar-refractivity contribution in [3.63, 3.8) is 0 Å². The third kappa shape index (κ3) is 2.04. The van der Waals surface area contributed by atoms with Crippen LogP contribution in [0.15, 0.2) is 18.2 Å². The molecule has 0 atom stereocenters. The summed E-state index contributed by atoms with van der Waals surface area (Å²) in [6, 6.07) is 3.88. The molecule has 0 unspecified atom stereocenters.